The Balaban J connectivity index is 3.17. The maximum atomic E-state index is 12.4. The molecule has 8 heteroatoms. The van der Waals surface area contributed by atoms with Gasteiger partial charge in [0.05, 0.1) is 12.0 Å². The Hall–Kier alpha value is -0.440. The van der Waals surface area contributed by atoms with Gasteiger partial charge in [-0.15, -0.1) is 0 Å². The van der Waals surface area contributed by atoms with Crippen molar-refractivity contribution >= 4 is 47.9 Å². The van der Waals surface area contributed by atoms with Gasteiger partial charge in [0.2, 0.25) is 10.0 Å². The summed E-state index contributed by atoms with van der Waals surface area (Å²) < 4.78 is 31.6. The number of hydrogen-bond donors (Lipinski definition) is 0. The molecule has 0 atom stereocenters. The first-order chi connectivity index (χ1) is 8.82. The molecule has 5 nitrogen and oxygen atoms in total. The second-order valence-corrected chi connectivity index (χ2v) is 7.26. The lowest BCUT2D eigenvalue weighted by molar-refractivity contribution is -0.140. The van der Waals surface area contributed by atoms with Crippen molar-refractivity contribution in [2.45, 2.75) is 11.8 Å². The zero-order valence-electron chi connectivity index (χ0n) is 10.4. The van der Waals surface area contributed by atoms with Gasteiger partial charge in [0.15, 0.2) is 0 Å². The maximum absolute atomic E-state index is 12.4. The number of methoxy groups -OCH3 is 1. The minimum atomic E-state index is -3.74. The molecule has 0 radical (unpaired) electrons. The van der Waals surface area contributed by atoms with Gasteiger partial charge in [-0.05, 0) is 34.1 Å². The van der Waals surface area contributed by atoms with Crippen molar-refractivity contribution in [2.75, 3.05) is 20.2 Å². The van der Waals surface area contributed by atoms with Crippen LogP contribution in [0.2, 0.25) is 0 Å². The zero-order valence-corrected chi connectivity index (χ0v) is 14.4. The quantitative estimate of drug-likeness (QED) is 0.694. The number of rotatable bonds is 5. The molecule has 1 rings (SSSR count). The summed E-state index contributed by atoms with van der Waals surface area (Å²) in [6.45, 7) is 1.53. The minimum absolute atomic E-state index is 0.112. The lowest BCUT2D eigenvalue weighted by Gasteiger charge is -2.20. The van der Waals surface area contributed by atoms with Crippen LogP contribution in [0.3, 0.4) is 0 Å². The van der Waals surface area contributed by atoms with Gasteiger partial charge in [0, 0.05) is 15.5 Å². The highest BCUT2D eigenvalue weighted by Crippen LogP contribution is 2.28. The highest BCUT2D eigenvalue weighted by atomic mass is 79.9. The average Bonchev–Trinajstić information content (AvgIpc) is 2.34. The van der Waals surface area contributed by atoms with Crippen molar-refractivity contribution in [3.8, 4) is 0 Å². The van der Waals surface area contributed by atoms with E-state index in [0.717, 1.165) is 8.78 Å². The summed E-state index contributed by atoms with van der Waals surface area (Å²) in [6, 6.07) is 4.74. The van der Waals surface area contributed by atoms with Gasteiger partial charge in [-0.1, -0.05) is 22.9 Å². The van der Waals surface area contributed by atoms with Gasteiger partial charge in [-0.3, -0.25) is 4.79 Å². The van der Waals surface area contributed by atoms with Crippen LogP contribution in [0.5, 0.6) is 0 Å². The number of halogens is 2. The molecule has 0 aromatic heterocycles. The normalized spacial score (nSPS) is 11.6. The lowest BCUT2D eigenvalue weighted by atomic mass is 10.4. The first-order valence-corrected chi connectivity index (χ1v) is 8.37. The number of esters is 1. The molecule has 1 aromatic carbocycles. The molecule has 0 spiro atoms. The molecule has 0 N–H and O–H groups in total. The molecule has 0 heterocycles. The molecule has 0 saturated heterocycles. The largest absolute Gasteiger partial charge is 0.468 e. The third-order valence-electron chi connectivity index (χ3n) is 2.40. The third-order valence-corrected chi connectivity index (χ3v) is 5.79. The molecule has 19 heavy (non-hydrogen) atoms. The molecule has 1 aromatic rings. The van der Waals surface area contributed by atoms with Gasteiger partial charge in [-0.2, -0.15) is 4.31 Å². The number of nitrogens with zero attached hydrogens (tertiary/aromatic N) is 1. The SMILES string of the molecule is CCN(CC(=O)OC)S(=O)(=O)c1ccc(Br)cc1Br. The van der Waals surface area contributed by atoms with Gasteiger partial charge in [0.1, 0.15) is 6.54 Å². The number of benzene rings is 1. The van der Waals surface area contributed by atoms with Crippen LogP contribution in [0.4, 0.5) is 0 Å². The highest BCUT2D eigenvalue weighted by Gasteiger charge is 2.27. The highest BCUT2D eigenvalue weighted by molar-refractivity contribution is 9.11. The number of carbonyl (C=O) groups is 1. The number of hydrogen-bond acceptors (Lipinski definition) is 4. The molecular weight excluding hydrogens is 402 g/mol. The predicted octanol–water partition coefficient (Wildman–Crippen LogP) is 2.40. The summed E-state index contributed by atoms with van der Waals surface area (Å²) in [5, 5.41) is 0. The smallest absolute Gasteiger partial charge is 0.321 e. The molecule has 0 amide bonds. The molecule has 0 aliphatic rings. The molecular formula is C11H13Br2NO4S. The predicted molar refractivity (Wildman–Crippen MR) is 78.3 cm³/mol. The van der Waals surface area contributed by atoms with Crippen LogP contribution in [0.25, 0.3) is 0 Å². The molecule has 0 fully saturated rings. The van der Waals surface area contributed by atoms with Crippen LogP contribution >= 0.6 is 31.9 Å². The van der Waals surface area contributed by atoms with Crippen molar-refractivity contribution in [3.05, 3.63) is 27.1 Å². The van der Waals surface area contributed by atoms with E-state index in [1.165, 1.54) is 13.2 Å². The summed E-state index contributed by atoms with van der Waals surface area (Å²) in [6.07, 6.45) is 0. The Morgan fingerprint density at radius 2 is 2.00 bits per heavy atom. The standard InChI is InChI=1S/C11H13Br2NO4S/c1-3-14(7-11(15)18-2)19(16,17)10-5-4-8(12)6-9(10)13/h4-6H,3,7H2,1-2H3. The van der Waals surface area contributed by atoms with Crippen molar-refractivity contribution in [3.63, 3.8) is 0 Å². The summed E-state index contributed by atoms with van der Waals surface area (Å²) in [5.41, 5.74) is 0. The zero-order chi connectivity index (χ0) is 14.6. The van der Waals surface area contributed by atoms with E-state index in [9.17, 15) is 13.2 Å². The van der Waals surface area contributed by atoms with E-state index < -0.39 is 16.0 Å². The number of likely N-dealkylation sites (N-methyl/N-ethyl adjacent to an activating group) is 1. The Labute approximate surface area is 129 Å². The van der Waals surface area contributed by atoms with Crippen LogP contribution in [-0.2, 0) is 19.6 Å². The van der Waals surface area contributed by atoms with E-state index in [4.69, 9.17) is 0 Å². The number of ether oxygens (including phenoxy) is 1. The minimum Gasteiger partial charge on any atom is -0.468 e. The van der Waals surface area contributed by atoms with E-state index in [0.29, 0.717) is 4.47 Å². The van der Waals surface area contributed by atoms with E-state index >= 15 is 0 Å². The number of sulfonamides is 1. The van der Waals surface area contributed by atoms with Crippen LogP contribution in [0, 0.1) is 0 Å². The van der Waals surface area contributed by atoms with Crippen molar-refractivity contribution in [2.24, 2.45) is 0 Å². The maximum Gasteiger partial charge on any atom is 0.321 e. The van der Waals surface area contributed by atoms with Crippen molar-refractivity contribution in [1.29, 1.82) is 0 Å². The van der Waals surface area contributed by atoms with Gasteiger partial charge in [-0.25, -0.2) is 8.42 Å². The molecule has 0 unspecified atom stereocenters. The van der Waals surface area contributed by atoms with Crippen LogP contribution in [0.15, 0.2) is 32.0 Å². The van der Waals surface area contributed by atoms with Crippen LogP contribution in [-0.4, -0.2) is 38.9 Å². The van der Waals surface area contributed by atoms with E-state index in [-0.39, 0.29) is 18.0 Å². The second kappa shape index (κ2) is 6.83. The van der Waals surface area contributed by atoms with Gasteiger partial charge >= 0.3 is 5.97 Å². The molecule has 0 saturated carbocycles. The summed E-state index contributed by atoms with van der Waals surface area (Å²) >= 11 is 6.47. The summed E-state index contributed by atoms with van der Waals surface area (Å²) in [7, 11) is -2.52. The fourth-order valence-electron chi connectivity index (χ4n) is 1.40. The van der Waals surface area contributed by atoms with Crippen LogP contribution < -0.4 is 0 Å². The molecule has 0 aliphatic carbocycles. The summed E-state index contributed by atoms with van der Waals surface area (Å²) in [4.78, 5) is 11.4. The number of carbonyl (C=O) groups excluding carboxylic acids is 1. The van der Waals surface area contributed by atoms with E-state index in [1.54, 1.807) is 19.1 Å². The average molecular weight is 415 g/mol. The van der Waals surface area contributed by atoms with Gasteiger partial charge < -0.3 is 4.74 Å². The Kier molecular flexibility index (Phi) is 5.97. The van der Waals surface area contributed by atoms with E-state index in [1.807, 2.05) is 0 Å². The van der Waals surface area contributed by atoms with Crippen LogP contribution in [0.1, 0.15) is 6.92 Å². The Morgan fingerprint density at radius 3 is 2.47 bits per heavy atom. The third kappa shape index (κ3) is 4.01. The lowest BCUT2D eigenvalue weighted by Crippen LogP contribution is -2.36. The fraction of sp³-hybridized carbons (Fsp3) is 0.364. The van der Waals surface area contributed by atoms with Gasteiger partial charge in [0.25, 0.3) is 0 Å². The first kappa shape index (κ1) is 16.6. The second-order valence-electron chi connectivity index (χ2n) is 3.58. The van der Waals surface area contributed by atoms with E-state index in [2.05, 4.69) is 36.6 Å². The first-order valence-electron chi connectivity index (χ1n) is 5.35. The summed E-state index contributed by atoms with van der Waals surface area (Å²) in [5.74, 6) is -0.598. The Morgan fingerprint density at radius 1 is 1.37 bits per heavy atom. The fourth-order valence-corrected chi connectivity index (χ4v) is 4.50. The topological polar surface area (TPSA) is 63.7 Å². The monoisotopic (exact) mass is 413 g/mol. The Bertz CT molecular complexity index is 574. The molecule has 0 aliphatic heterocycles. The van der Waals surface area contributed by atoms with Crippen molar-refractivity contribution < 1.29 is 17.9 Å². The molecule has 0 bridgehead atoms. The molecule has 106 valence electrons. The van der Waals surface area contributed by atoms with Crippen molar-refractivity contribution in [1.82, 2.24) is 4.31 Å².